The molecule has 1 aliphatic heterocycles. The van der Waals surface area contributed by atoms with Crippen molar-refractivity contribution in [2.24, 2.45) is 11.3 Å². The Kier molecular flexibility index (Phi) is 9.14. The molecule has 2 saturated carbocycles. The van der Waals surface area contributed by atoms with Crippen LogP contribution in [-0.2, 0) is 24.4 Å². The molecule has 5 atom stereocenters. The van der Waals surface area contributed by atoms with Crippen molar-refractivity contribution in [1.82, 2.24) is 24.9 Å². The number of amides is 3. The van der Waals surface area contributed by atoms with Crippen LogP contribution in [0.15, 0.2) is 67.5 Å². The summed E-state index contributed by atoms with van der Waals surface area (Å²) >= 11 is 0. The molecule has 1 saturated heterocycles. The van der Waals surface area contributed by atoms with Crippen LogP contribution >= 0.6 is 0 Å². The summed E-state index contributed by atoms with van der Waals surface area (Å²) in [5.41, 5.74) is -1.99. The molecule has 13 nitrogen and oxygen atoms in total. The molecule has 260 valence electrons. The first-order chi connectivity index (χ1) is 23.3. The van der Waals surface area contributed by atoms with E-state index in [1.54, 1.807) is 54.7 Å². The average Bonchev–Trinajstić information content (AvgIpc) is 4.00. The molecule has 3 aliphatic rings. The van der Waals surface area contributed by atoms with E-state index in [0.29, 0.717) is 30.3 Å². The number of hydrogen-bond donors (Lipinski definition) is 3. The molecular formula is C35H42N6O7S. The zero-order chi connectivity index (χ0) is 35.1. The molecule has 3 heterocycles. The predicted octanol–water partition coefficient (Wildman–Crippen LogP) is 3.18. The largest absolute Gasteiger partial charge is 0.497 e. The molecule has 0 bridgehead atoms. The highest BCUT2D eigenvalue weighted by molar-refractivity contribution is 7.91. The number of pyridine rings is 2. The number of imide groups is 1. The Morgan fingerprint density at radius 2 is 1.88 bits per heavy atom. The van der Waals surface area contributed by atoms with Crippen LogP contribution in [0.4, 0.5) is 5.82 Å². The van der Waals surface area contributed by atoms with E-state index in [1.165, 1.54) is 0 Å². The fourth-order valence-electron chi connectivity index (χ4n) is 6.58. The van der Waals surface area contributed by atoms with Gasteiger partial charge in [-0.25, -0.2) is 18.4 Å². The third-order valence-corrected chi connectivity index (χ3v) is 11.3. The number of rotatable bonds is 12. The molecule has 3 amide bonds. The normalized spacial score (nSPS) is 24.4. The van der Waals surface area contributed by atoms with Gasteiger partial charge in [0.25, 0.3) is 5.91 Å². The molecule has 3 aromatic rings. The van der Waals surface area contributed by atoms with Gasteiger partial charge in [0.1, 0.15) is 29.3 Å². The molecule has 3 fully saturated rings. The van der Waals surface area contributed by atoms with Crippen molar-refractivity contribution in [3.63, 3.8) is 0 Å². The second-order valence-electron chi connectivity index (χ2n) is 14.0. The Labute approximate surface area is 285 Å². The molecule has 3 N–H and O–H groups in total. The van der Waals surface area contributed by atoms with Gasteiger partial charge in [-0.2, -0.15) is 0 Å². The monoisotopic (exact) mass is 690 g/mol. The number of carbonyl (C=O) groups is 3. The van der Waals surface area contributed by atoms with Gasteiger partial charge in [0.2, 0.25) is 27.7 Å². The second kappa shape index (κ2) is 13.0. The minimum absolute atomic E-state index is 0.0939. The molecule has 6 rings (SSSR count). The van der Waals surface area contributed by atoms with Gasteiger partial charge >= 0.3 is 0 Å². The minimum atomic E-state index is -3.88. The maximum Gasteiger partial charge on any atom is 0.254 e. The first-order valence-corrected chi connectivity index (χ1v) is 17.9. The molecule has 0 spiro atoms. The van der Waals surface area contributed by atoms with Gasteiger partial charge in [-0.05, 0) is 66.5 Å². The maximum atomic E-state index is 14.1. The number of ether oxygens (including phenoxy) is 2. The topological polar surface area (TPSA) is 169 Å². The molecule has 1 aromatic carbocycles. The quantitative estimate of drug-likeness (QED) is 0.239. The van der Waals surface area contributed by atoms with Crippen molar-refractivity contribution in [2.75, 3.05) is 19.0 Å². The van der Waals surface area contributed by atoms with Crippen molar-refractivity contribution in [1.29, 1.82) is 0 Å². The lowest BCUT2D eigenvalue weighted by molar-refractivity contribution is -0.136. The first kappa shape index (κ1) is 34.3. The lowest BCUT2D eigenvalue weighted by atomic mass is 9.86. The van der Waals surface area contributed by atoms with Crippen molar-refractivity contribution >= 4 is 44.3 Å². The molecule has 0 unspecified atom stereocenters. The highest BCUT2D eigenvalue weighted by Crippen LogP contribution is 2.53. The number of carbonyl (C=O) groups excluding carboxylic acids is 3. The Morgan fingerprint density at radius 1 is 1.10 bits per heavy atom. The zero-order valence-corrected chi connectivity index (χ0v) is 28.8. The Hall–Kier alpha value is -4.56. The summed E-state index contributed by atoms with van der Waals surface area (Å²) < 4.78 is 39.8. The number of benzene rings is 1. The van der Waals surface area contributed by atoms with Gasteiger partial charge in [0.15, 0.2) is 0 Å². The number of methoxy groups -OCH3 is 1. The van der Waals surface area contributed by atoms with Gasteiger partial charge in [-0.3, -0.25) is 29.3 Å². The summed E-state index contributed by atoms with van der Waals surface area (Å²) in [5.74, 6) is -0.862. The SMILES string of the molecule is C=C[C@@H]1C[C@@]1(C(=O)NS(=O)(=O)C1CC1)N1C[C@H](Oc2nccc3cc(OC)ccc23)C[C@H]1C(=O)NC(=O)[C@@H](Nc1ccccn1)C(C)(C)C. The molecule has 0 radical (unpaired) electrons. The Morgan fingerprint density at radius 3 is 2.51 bits per heavy atom. The van der Waals surface area contributed by atoms with E-state index in [0.717, 1.165) is 10.8 Å². The number of aromatic nitrogens is 2. The van der Waals surface area contributed by atoms with Gasteiger partial charge in [0, 0.05) is 36.7 Å². The Bertz CT molecular complexity index is 1880. The van der Waals surface area contributed by atoms with E-state index in [2.05, 4.69) is 31.9 Å². The van der Waals surface area contributed by atoms with Crippen LogP contribution in [0.1, 0.15) is 46.5 Å². The number of nitrogens with zero attached hydrogens (tertiary/aromatic N) is 3. The van der Waals surface area contributed by atoms with Crippen molar-refractivity contribution in [3.8, 4) is 11.6 Å². The van der Waals surface area contributed by atoms with Crippen LogP contribution in [0.3, 0.4) is 0 Å². The fourth-order valence-corrected chi connectivity index (χ4v) is 7.94. The van der Waals surface area contributed by atoms with E-state index >= 15 is 0 Å². The minimum Gasteiger partial charge on any atom is -0.497 e. The highest BCUT2D eigenvalue weighted by Gasteiger charge is 2.67. The number of anilines is 1. The van der Waals surface area contributed by atoms with Gasteiger partial charge < -0.3 is 14.8 Å². The maximum absolute atomic E-state index is 14.1. The van der Waals surface area contributed by atoms with E-state index in [9.17, 15) is 22.8 Å². The number of sulfonamides is 1. The third-order valence-electron chi connectivity index (χ3n) is 9.48. The number of nitrogens with one attached hydrogen (secondary N) is 3. The fraction of sp³-hybridized carbons (Fsp3) is 0.457. The van der Waals surface area contributed by atoms with E-state index in [-0.39, 0.29) is 19.4 Å². The number of fused-ring (bicyclic) bond motifs is 1. The summed E-state index contributed by atoms with van der Waals surface area (Å²) in [6.07, 6.45) is 5.51. The third kappa shape index (κ3) is 6.97. The lowest BCUT2D eigenvalue weighted by Crippen LogP contribution is -2.59. The summed E-state index contributed by atoms with van der Waals surface area (Å²) in [4.78, 5) is 52.2. The second-order valence-corrected chi connectivity index (χ2v) is 16.0. The standard InChI is InChI=1S/C35H42N6O7S/c1-6-22-19-35(22,33(44)40-49(45,46)25-11-12-25)41-20-24(48-32-26-13-10-23(47-5)17-21(26)14-16-37-32)18-27(41)30(42)39-31(43)29(34(2,3)4)38-28-9-7-8-15-36-28/h6-10,13-17,22,24-25,27,29H,1,11-12,18-20H2,2-5H3,(H,36,38)(H,40,44)(H,39,42,43)/t22-,24-,27+,29-,35-/m1/s1. The van der Waals surface area contributed by atoms with Crippen LogP contribution in [-0.4, -0.2) is 83.6 Å². The zero-order valence-electron chi connectivity index (χ0n) is 28.0. The smallest absolute Gasteiger partial charge is 0.254 e. The highest BCUT2D eigenvalue weighted by atomic mass is 32.2. The van der Waals surface area contributed by atoms with E-state index in [1.807, 2.05) is 39.0 Å². The Balaban J connectivity index is 1.30. The molecule has 2 aliphatic carbocycles. The predicted molar refractivity (Wildman–Crippen MR) is 183 cm³/mol. The van der Waals surface area contributed by atoms with Crippen molar-refractivity contribution in [3.05, 3.63) is 67.5 Å². The summed E-state index contributed by atoms with van der Waals surface area (Å²) in [5, 5.41) is 6.67. The van der Waals surface area contributed by atoms with Crippen LogP contribution < -0.4 is 24.8 Å². The molecular weight excluding hydrogens is 648 g/mol. The van der Waals surface area contributed by atoms with Crippen molar-refractivity contribution < 1.29 is 32.3 Å². The van der Waals surface area contributed by atoms with Gasteiger partial charge in [-0.15, -0.1) is 6.58 Å². The molecule has 49 heavy (non-hydrogen) atoms. The first-order valence-electron chi connectivity index (χ1n) is 16.3. The molecule has 14 heteroatoms. The van der Waals surface area contributed by atoms with Gasteiger partial charge in [-0.1, -0.05) is 32.9 Å². The van der Waals surface area contributed by atoms with Crippen LogP contribution in [0, 0.1) is 11.3 Å². The van der Waals surface area contributed by atoms with Crippen LogP contribution in [0.2, 0.25) is 0 Å². The van der Waals surface area contributed by atoms with E-state index in [4.69, 9.17) is 9.47 Å². The van der Waals surface area contributed by atoms with Crippen LogP contribution in [0.5, 0.6) is 11.6 Å². The van der Waals surface area contributed by atoms with Crippen LogP contribution in [0.25, 0.3) is 10.8 Å². The summed E-state index contributed by atoms with van der Waals surface area (Å²) in [6, 6.07) is 10.7. The van der Waals surface area contributed by atoms with Crippen molar-refractivity contribution in [2.45, 2.75) is 75.4 Å². The van der Waals surface area contributed by atoms with Gasteiger partial charge in [0.05, 0.1) is 18.4 Å². The number of likely N-dealkylation sites (tertiary alicyclic amines) is 1. The lowest BCUT2D eigenvalue weighted by Gasteiger charge is -2.33. The average molecular weight is 691 g/mol. The number of hydrogen-bond acceptors (Lipinski definition) is 11. The van der Waals surface area contributed by atoms with E-state index < -0.39 is 68.1 Å². The summed E-state index contributed by atoms with van der Waals surface area (Å²) in [7, 11) is -2.30. The molecule has 2 aromatic heterocycles. The summed E-state index contributed by atoms with van der Waals surface area (Å²) in [6.45, 7) is 9.59.